The zero-order valence-corrected chi connectivity index (χ0v) is 20.1. The van der Waals surface area contributed by atoms with Crippen LogP contribution in [0, 0.1) is 0 Å². The number of benzene rings is 2. The predicted molar refractivity (Wildman–Crippen MR) is 134 cm³/mol. The summed E-state index contributed by atoms with van der Waals surface area (Å²) >= 11 is 5.86. The van der Waals surface area contributed by atoms with Crippen molar-refractivity contribution < 1.29 is 13.2 Å². The molecule has 0 atom stereocenters. The Labute approximate surface area is 205 Å². The number of hydrogen-bond acceptors (Lipinski definition) is 4. The van der Waals surface area contributed by atoms with Gasteiger partial charge in [0.25, 0.3) is 5.91 Å². The van der Waals surface area contributed by atoms with Crippen LogP contribution in [0.1, 0.15) is 15.9 Å². The predicted octanol–water partition coefficient (Wildman–Crippen LogP) is 4.58. The highest BCUT2D eigenvalue weighted by Crippen LogP contribution is 2.20. The fourth-order valence-electron chi connectivity index (χ4n) is 3.50. The monoisotopic (exact) mass is 503 g/mol. The molecule has 1 saturated heterocycles. The normalized spacial score (nSPS) is 14.8. The van der Waals surface area contributed by atoms with E-state index in [4.69, 9.17) is 11.6 Å². The highest BCUT2D eigenvalue weighted by molar-refractivity contribution is 7.92. The number of nitrogens with zero attached hydrogens (tertiary/aromatic N) is 3. The second-order valence-corrected chi connectivity index (χ2v) is 9.66. The summed E-state index contributed by atoms with van der Waals surface area (Å²) in [7, 11) is -3.56. The largest absolute Gasteiger partial charge is 0.336 e. The summed E-state index contributed by atoms with van der Waals surface area (Å²) in [6.07, 6.45) is 5.01. The van der Waals surface area contributed by atoms with E-state index in [-0.39, 0.29) is 31.4 Å². The molecule has 0 unspecified atom stereocenters. The van der Waals surface area contributed by atoms with E-state index in [2.05, 4.69) is 4.98 Å². The van der Waals surface area contributed by atoms with Gasteiger partial charge >= 0.3 is 0 Å². The maximum absolute atomic E-state index is 12.9. The lowest BCUT2D eigenvalue weighted by Crippen LogP contribution is -2.50. The molecule has 33 heavy (non-hydrogen) atoms. The zero-order valence-electron chi connectivity index (χ0n) is 17.7. The van der Waals surface area contributed by atoms with E-state index < -0.39 is 10.0 Å². The lowest BCUT2D eigenvalue weighted by atomic mass is 10.0. The van der Waals surface area contributed by atoms with Crippen LogP contribution in [0.2, 0.25) is 5.02 Å². The number of halogens is 2. The Bertz CT molecular complexity index is 1210. The number of carbonyl (C=O) groups excluding carboxylic acids is 1. The van der Waals surface area contributed by atoms with Gasteiger partial charge in [-0.1, -0.05) is 35.9 Å². The SMILES string of the molecule is Cl.O=C(c1ccc(-c2ccncc2)cc1)N1CCN(S(=O)(=O)C=Cc2ccc(Cl)cc2)CC1. The summed E-state index contributed by atoms with van der Waals surface area (Å²) in [5.41, 5.74) is 3.38. The standard InChI is InChI=1S/C24H22ClN3O3S.ClH/c25-23-7-1-19(2-8-23)11-18-32(30,31)28-16-14-27(15-17-28)24(29)22-5-3-20(4-6-22)21-9-12-26-13-10-21;/h1-13,18H,14-17H2;1H. The van der Waals surface area contributed by atoms with E-state index in [1.807, 2.05) is 24.3 Å². The minimum atomic E-state index is -3.56. The van der Waals surface area contributed by atoms with Crippen molar-refractivity contribution in [2.75, 3.05) is 26.2 Å². The number of rotatable bonds is 5. The van der Waals surface area contributed by atoms with Gasteiger partial charge in [-0.2, -0.15) is 4.31 Å². The summed E-state index contributed by atoms with van der Waals surface area (Å²) in [5.74, 6) is -0.0972. The zero-order chi connectivity index (χ0) is 22.6. The van der Waals surface area contributed by atoms with Gasteiger partial charge in [0, 0.05) is 54.6 Å². The van der Waals surface area contributed by atoms with Crippen molar-refractivity contribution in [2.45, 2.75) is 0 Å². The summed E-state index contributed by atoms with van der Waals surface area (Å²) < 4.78 is 26.7. The quantitative estimate of drug-likeness (QED) is 0.510. The lowest BCUT2D eigenvalue weighted by molar-refractivity contribution is 0.0698. The van der Waals surface area contributed by atoms with Gasteiger partial charge in [0.15, 0.2) is 0 Å². The first-order valence-corrected chi connectivity index (χ1v) is 12.0. The van der Waals surface area contributed by atoms with Gasteiger partial charge in [-0.3, -0.25) is 9.78 Å². The summed E-state index contributed by atoms with van der Waals surface area (Å²) in [6.45, 7) is 1.21. The molecule has 6 nitrogen and oxygen atoms in total. The van der Waals surface area contributed by atoms with Crippen molar-refractivity contribution in [1.82, 2.24) is 14.2 Å². The molecule has 0 N–H and O–H groups in total. The molecule has 2 heterocycles. The van der Waals surface area contributed by atoms with Crippen LogP contribution < -0.4 is 0 Å². The molecule has 172 valence electrons. The molecule has 3 aromatic rings. The first kappa shape index (κ1) is 24.9. The molecule has 1 amide bonds. The van der Waals surface area contributed by atoms with Crippen LogP contribution in [0.3, 0.4) is 0 Å². The number of aromatic nitrogens is 1. The van der Waals surface area contributed by atoms with Crippen LogP contribution in [0.4, 0.5) is 0 Å². The Kier molecular flexibility index (Phi) is 8.26. The highest BCUT2D eigenvalue weighted by atomic mass is 35.5. The van der Waals surface area contributed by atoms with Gasteiger partial charge < -0.3 is 4.90 Å². The van der Waals surface area contributed by atoms with Gasteiger partial charge in [0.2, 0.25) is 10.0 Å². The molecule has 0 spiro atoms. The van der Waals surface area contributed by atoms with Crippen molar-refractivity contribution in [3.63, 3.8) is 0 Å². The van der Waals surface area contributed by atoms with E-state index in [1.54, 1.807) is 59.8 Å². The molecule has 0 saturated carbocycles. The summed E-state index contributed by atoms with van der Waals surface area (Å²) in [6, 6.07) is 18.2. The third kappa shape index (κ3) is 6.21. The van der Waals surface area contributed by atoms with Crippen molar-refractivity contribution >= 4 is 46.0 Å². The minimum Gasteiger partial charge on any atom is -0.336 e. The van der Waals surface area contributed by atoms with Gasteiger partial charge in [-0.25, -0.2) is 8.42 Å². The smallest absolute Gasteiger partial charge is 0.253 e. The number of amides is 1. The van der Waals surface area contributed by atoms with E-state index in [1.165, 1.54) is 9.71 Å². The highest BCUT2D eigenvalue weighted by Gasteiger charge is 2.27. The Hall–Kier alpha value is -2.71. The average molecular weight is 504 g/mol. The molecule has 1 fully saturated rings. The van der Waals surface area contributed by atoms with E-state index in [0.29, 0.717) is 23.7 Å². The minimum absolute atomic E-state index is 0. The molecule has 9 heteroatoms. The Morgan fingerprint density at radius 3 is 2.03 bits per heavy atom. The molecule has 1 aliphatic rings. The van der Waals surface area contributed by atoms with Crippen LogP contribution in [-0.2, 0) is 10.0 Å². The number of piperazine rings is 1. The molecule has 4 rings (SSSR count). The number of carbonyl (C=O) groups is 1. The molecular weight excluding hydrogens is 481 g/mol. The summed E-state index contributed by atoms with van der Waals surface area (Å²) in [4.78, 5) is 18.6. The molecule has 0 bridgehead atoms. The van der Waals surface area contributed by atoms with Crippen molar-refractivity contribution in [3.05, 3.63) is 94.6 Å². The second-order valence-electron chi connectivity index (χ2n) is 7.40. The number of sulfonamides is 1. The number of hydrogen-bond donors (Lipinski definition) is 0. The molecule has 1 aliphatic heterocycles. The fourth-order valence-corrected chi connectivity index (χ4v) is 4.80. The molecular formula is C24H23Cl2N3O3S. The van der Waals surface area contributed by atoms with E-state index in [9.17, 15) is 13.2 Å². The van der Waals surface area contributed by atoms with Crippen LogP contribution in [-0.4, -0.2) is 54.7 Å². The Morgan fingerprint density at radius 2 is 1.42 bits per heavy atom. The Balaban J connectivity index is 0.00000306. The molecule has 2 aromatic carbocycles. The topological polar surface area (TPSA) is 70.6 Å². The van der Waals surface area contributed by atoms with Crippen molar-refractivity contribution in [1.29, 1.82) is 0 Å². The third-order valence-electron chi connectivity index (χ3n) is 5.33. The molecule has 0 radical (unpaired) electrons. The van der Waals surface area contributed by atoms with Crippen LogP contribution in [0.25, 0.3) is 17.2 Å². The summed E-state index contributed by atoms with van der Waals surface area (Å²) in [5, 5.41) is 1.80. The third-order valence-corrected chi connectivity index (χ3v) is 7.15. The first-order valence-electron chi connectivity index (χ1n) is 10.2. The van der Waals surface area contributed by atoms with Crippen molar-refractivity contribution in [2.24, 2.45) is 0 Å². The van der Waals surface area contributed by atoms with Crippen molar-refractivity contribution in [3.8, 4) is 11.1 Å². The maximum atomic E-state index is 12.9. The van der Waals surface area contributed by atoms with Crippen LogP contribution >= 0.6 is 24.0 Å². The Morgan fingerprint density at radius 1 is 0.848 bits per heavy atom. The molecule has 1 aromatic heterocycles. The average Bonchev–Trinajstić information content (AvgIpc) is 2.84. The van der Waals surface area contributed by atoms with Gasteiger partial charge in [-0.05, 0) is 59.2 Å². The first-order chi connectivity index (χ1) is 15.4. The van der Waals surface area contributed by atoms with E-state index >= 15 is 0 Å². The fraction of sp³-hybridized carbons (Fsp3) is 0.167. The van der Waals surface area contributed by atoms with Gasteiger partial charge in [0.1, 0.15) is 0 Å². The number of pyridine rings is 1. The lowest BCUT2D eigenvalue weighted by Gasteiger charge is -2.33. The molecule has 0 aliphatic carbocycles. The van der Waals surface area contributed by atoms with Crippen LogP contribution in [0.5, 0.6) is 0 Å². The maximum Gasteiger partial charge on any atom is 0.253 e. The second kappa shape index (κ2) is 10.9. The van der Waals surface area contributed by atoms with Gasteiger partial charge in [0.05, 0.1) is 0 Å². The van der Waals surface area contributed by atoms with Crippen LogP contribution in [0.15, 0.2) is 78.5 Å². The van der Waals surface area contributed by atoms with E-state index in [0.717, 1.165) is 16.7 Å². The van der Waals surface area contributed by atoms with Gasteiger partial charge in [-0.15, -0.1) is 12.4 Å².